The van der Waals surface area contributed by atoms with E-state index >= 15 is 0 Å². The van der Waals surface area contributed by atoms with Crippen LogP contribution < -0.4 is 10.6 Å². The van der Waals surface area contributed by atoms with Crippen LogP contribution in [0.15, 0.2) is 0 Å². The van der Waals surface area contributed by atoms with Gasteiger partial charge in [-0.15, -0.1) is 0 Å². The largest absolute Gasteiger partial charge is 0.441 e. The Morgan fingerprint density at radius 3 is 3.08 bits per heavy atom. The molecule has 0 aliphatic carbocycles. The number of ether oxygens (including phenoxy) is 1. The average molecular weight is 184 g/mol. The van der Waals surface area contributed by atoms with Crippen LogP contribution in [0.25, 0.3) is 0 Å². The summed E-state index contributed by atoms with van der Waals surface area (Å²) in [6.45, 7) is 3.73. The summed E-state index contributed by atoms with van der Waals surface area (Å²) in [5, 5.41) is 6.10. The molecule has 74 valence electrons. The molecular formula is C9H16N2O2. The molecule has 2 fully saturated rings. The molecule has 0 aromatic heterocycles. The van der Waals surface area contributed by atoms with Gasteiger partial charge in [-0.25, -0.2) is 4.79 Å². The van der Waals surface area contributed by atoms with E-state index in [2.05, 4.69) is 10.6 Å². The van der Waals surface area contributed by atoms with Gasteiger partial charge in [-0.1, -0.05) is 0 Å². The minimum Gasteiger partial charge on any atom is -0.441 e. The van der Waals surface area contributed by atoms with E-state index in [1.807, 2.05) is 6.92 Å². The van der Waals surface area contributed by atoms with Crippen LogP contribution in [-0.4, -0.2) is 30.8 Å². The van der Waals surface area contributed by atoms with Crippen LogP contribution in [0.4, 0.5) is 4.79 Å². The number of rotatable bonds is 2. The molecule has 4 nitrogen and oxygen atoms in total. The monoisotopic (exact) mass is 184 g/mol. The lowest BCUT2D eigenvalue weighted by molar-refractivity contribution is 0.0579. The standard InChI is InChI=1S/C9H16N2O2/c1-9(6-11-8(12)13-9)5-7-3-2-4-10-7/h7,10H,2-6H2,1H3,(H,11,12). The molecule has 1 amide bonds. The predicted octanol–water partition coefficient (Wildman–Crippen LogP) is 0.627. The summed E-state index contributed by atoms with van der Waals surface area (Å²) in [5.74, 6) is 0. The van der Waals surface area contributed by atoms with Crippen LogP contribution in [0.3, 0.4) is 0 Å². The Hall–Kier alpha value is -0.770. The zero-order chi connectivity index (χ0) is 9.31. The molecule has 2 rings (SSSR count). The van der Waals surface area contributed by atoms with Gasteiger partial charge in [0, 0.05) is 12.5 Å². The van der Waals surface area contributed by atoms with Gasteiger partial charge >= 0.3 is 6.09 Å². The van der Waals surface area contributed by atoms with Gasteiger partial charge in [-0.3, -0.25) is 0 Å². The van der Waals surface area contributed by atoms with Gasteiger partial charge < -0.3 is 15.4 Å². The van der Waals surface area contributed by atoms with E-state index < -0.39 is 0 Å². The molecular weight excluding hydrogens is 168 g/mol. The van der Waals surface area contributed by atoms with E-state index in [4.69, 9.17) is 4.74 Å². The maximum Gasteiger partial charge on any atom is 0.407 e. The maximum absolute atomic E-state index is 10.9. The molecule has 2 saturated heterocycles. The summed E-state index contributed by atoms with van der Waals surface area (Å²) in [4.78, 5) is 10.9. The van der Waals surface area contributed by atoms with Crippen molar-refractivity contribution in [3.8, 4) is 0 Å². The Morgan fingerprint density at radius 2 is 2.54 bits per heavy atom. The topological polar surface area (TPSA) is 50.4 Å². The lowest BCUT2D eigenvalue weighted by Crippen LogP contribution is -2.37. The third-order valence-electron chi connectivity index (χ3n) is 2.79. The van der Waals surface area contributed by atoms with Crippen LogP contribution in [0.5, 0.6) is 0 Å². The second-order valence-corrected chi connectivity index (χ2v) is 4.19. The molecule has 2 atom stereocenters. The van der Waals surface area contributed by atoms with Crippen molar-refractivity contribution in [2.75, 3.05) is 13.1 Å². The minimum absolute atomic E-state index is 0.277. The van der Waals surface area contributed by atoms with E-state index in [-0.39, 0.29) is 11.7 Å². The van der Waals surface area contributed by atoms with Crippen molar-refractivity contribution in [1.82, 2.24) is 10.6 Å². The number of hydrogen-bond acceptors (Lipinski definition) is 3. The number of amides is 1. The molecule has 0 aromatic carbocycles. The van der Waals surface area contributed by atoms with Crippen molar-refractivity contribution in [3.63, 3.8) is 0 Å². The highest BCUT2D eigenvalue weighted by Crippen LogP contribution is 2.24. The Bertz CT molecular complexity index is 214. The third kappa shape index (κ3) is 1.94. The summed E-state index contributed by atoms with van der Waals surface area (Å²) in [7, 11) is 0. The highest BCUT2D eigenvalue weighted by Gasteiger charge is 2.38. The zero-order valence-corrected chi connectivity index (χ0v) is 7.93. The number of carbonyl (C=O) groups is 1. The summed E-state index contributed by atoms with van der Waals surface area (Å²) in [6, 6.07) is 0.526. The van der Waals surface area contributed by atoms with Crippen LogP contribution in [-0.2, 0) is 4.74 Å². The van der Waals surface area contributed by atoms with Gasteiger partial charge in [-0.05, 0) is 26.3 Å². The van der Waals surface area contributed by atoms with Crippen LogP contribution in [0, 0.1) is 0 Å². The number of carbonyl (C=O) groups excluding carboxylic acids is 1. The van der Waals surface area contributed by atoms with Crippen molar-refractivity contribution >= 4 is 6.09 Å². The molecule has 2 aliphatic heterocycles. The highest BCUT2D eigenvalue weighted by atomic mass is 16.6. The SMILES string of the molecule is CC1(CC2CCCN2)CNC(=O)O1. The molecule has 2 N–H and O–H groups in total. The van der Waals surface area contributed by atoms with Gasteiger partial charge in [0.25, 0.3) is 0 Å². The first kappa shape index (κ1) is 8.81. The van der Waals surface area contributed by atoms with Crippen molar-refractivity contribution < 1.29 is 9.53 Å². The van der Waals surface area contributed by atoms with E-state index in [1.165, 1.54) is 12.8 Å². The second kappa shape index (κ2) is 3.18. The fourth-order valence-electron chi connectivity index (χ4n) is 2.12. The molecule has 2 heterocycles. The Labute approximate surface area is 78.0 Å². The molecule has 2 unspecified atom stereocenters. The number of alkyl carbamates (subject to hydrolysis) is 1. The van der Waals surface area contributed by atoms with Gasteiger partial charge in [0.05, 0.1) is 6.54 Å². The lowest BCUT2D eigenvalue weighted by Gasteiger charge is -2.24. The van der Waals surface area contributed by atoms with E-state index in [9.17, 15) is 4.79 Å². The summed E-state index contributed by atoms with van der Waals surface area (Å²) >= 11 is 0. The summed E-state index contributed by atoms with van der Waals surface area (Å²) in [6.07, 6.45) is 3.08. The van der Waals surface area contributed by atoms with Crippen LogP contribution in [0.2, 0.25) is 0 Å². The number of nitrogens with one attached hydrogen (secondary N) is 2. The van der Waals surface area contributed by atoms with E-state index in [0.29, 0.717) is 12.6 Å². The smallest absolute Gasteiger partial charge is 0.407 e. The molecule has 2 aliphatic rings. The van der Waals surface area contributed by atoms with E-state index in [1.54, 1.807) is 0 Å². The number of hydrogen-bond donors (Lipinski definition) is 2. The fraction of sp³-hybridized carbons (Fsp3) is 0.889. The first-order valence-corrected chi connectivity index (χ1v) is 4.88. The number of cyclic esters (lactones) is 1. The predicted molar refractivity (Wildman–Crippen MR) is 48.5 cm³/mol. The minimum atomic E-state index is -0.293. The van der Waals surface area contributed by atoms with Gasteiger partial charge in [-0.2, -0.15) is 0 Å². The summed E-state index contributed by atoms with van der Waals surface area (Å²) < 4.78 is 5.22. The Kier molecular flexibility index (Phi) is 2.15. The quantitative estimate of drug-likeness (QED) is 0.661. The van der Waals surface area contributed by atoms with Gasteiger partial charge in [0.15, 0.2) is 0 Å². The van der Waals surface area contributed by atoms with Crippen LogP contribution in [0.1, 0.15) is 26.2 Å². The lowest BCUT2D eigenvalue weighted by atomic mass is 9.96. The first-order valence-electron chi connectivity index (χ1n) is 4.88. The van der Waals surface area contributed by atoms with Gasteiger partial charge in [0.2, 0.25) is 0 Å². The normalized spacial score (nSPS) is 38.8. The molecule has 0 aromatic rings. The molecule has 0 saturated carbocycles. The zero-order valence-electron chi connectivity index (χ0n) is 7.93. The van der Waals surface area contributed by atoms with Crippen LogP contribution >= 0.6 is 0 Å². The van der Waals surface area contributed by atoms with E-state index in [0.717, 1.165) is 13.0 Å². The average Bonchev–Trinajstić information content (AvgIpc) is 2.62. The first-order chi connectivity index (χ1) is 6.18. The molecule has 0 bridgehead atoms. The van der Waals surface area contributed by atoms with Crippen molar-refractivity contribution in [2.45, 2.75) is 37.8 Å². The second-order valence-electron chi connectivity index (χ2n) is 4.19. The molecule has 0 radical (unpaired) electrons. The van der Waals surface area contributed by atoms with Crippen molar-refractivity contribution in [3.05, 3.63) is 0 Å². The molecule has 4 heteroatoms. The molecule has 0 spiro atoms. The fourth-order valence-corrected chi connectivity index (χ4v) is 2.12. The summed E-state index contributed by atoms with van der Waals surface area (Å²) in [5.41, 5.74) is -0.293. The van der Waals surface area contributed by atoms with Crippen molar-refractivity contribution in [1.29, 1.82) is 0 Å². The highest BCUT2D eigenvalue weighted by molar-refractivity contribution is 5.70. The molecule has 13 heavy (non-hydrogen) atoms. The Morgan fingerprint density at radius 1 is 1.69 bits per heavy atom. The van der Waals surface area contributed by atoms with Crippen molar-refractivity contribution in [2.24, 2.45) is 0 Å². The maximum atomic E-state index is 10.9. The Balaban J connectivity index is 1.88. The third-order valence-corrected chi connectivity index (χ3v) is 2.79. The van der Waals surface area contributed by atoms with Gasteiger partial charge in [0.1, 0.15) is 5.60 Å².